The number of pyridine rings is 1. The summed E-state index contributed by atoms with van der Waals surface area (Å²) >= 11 is 5.90. The van der Waals surface area contributed by atoms with Crippen LogP contribution in [0, 0.1) is 13.8 Å². The zero-order valence-electron chi connectivity index (χ0n) is 25.0. The van der Waals surface area contributed by atoms with Crippen LogP contribution in [0.1, 0.15) is 47.6 Å². The summed E-state index contributed by atoms with van der Waals surface area (Å²) < 4.78 is 7.94. The number of hydrogen-bond acceptors (Lipinski definition) is 5. The van der Waals surface area contributed by atoms with Gasteiger partial charge in [0.2, 0.25) is 5.91 Å². The molecule has 2 N–H and O–H groups in total. The van der Waals surface area contributed by atoms with Crippen LogP contribution >= 0.6 is 12.2 Å². The average Bonchev–Trinajstić information content (AvgIpc) is 3.51. The Morgan fingerprint density at radius 2 is 1.81 bits per heavy atom. The molecular weight excluding hydrogens is 556 g/mol. The Morgan fingerprint density at radius 1 is 1.02 bits per heavy atom. The molecule has 0 spiro atoms. The second kappa shape index (κ2) is 13.2. The van der Waals surface area contributed by atoms with Crippen LogP contribution in [0.4, 0.5) is 5.69 Å². The summed E-state index contributed by atoms with van der Waals surface area (Å²) in [6, 6.07) is 22.2. The van der Waals surface area contributed by atoms with Gasteiger partial charge in [-0.2, -0.15) is 0 Å². The molecule has 8 nitrogen and oxygen atoms in total. The van der Waals surface area contributed by atoms with Crippen molar-refractivity contribution in [1.29, 1.82) is 0 Å². The fourth-order valence-electron chi connectivity index (χ4n) is 6.50. The molecule has 2 aliphatic heterocycles. The summed E-state index contributed by atoms with van der Waals surface area (Å²) in [5, 5.41) is 9.47. The van der Waals surface area contributed by atoms with Crippen molar-refractivity contribution >= 4 is 39.7 Å². The minimum absolute atomic E-state index is 0.0345. The molecule has 224 valence electrons. The van der Waals surface area contributed by atoms with Gasteiger partial charge in [0.1, 0.15) is 0 Å². The minimum Gasteiger partial charge on any atom is -0.379 e. The summed E-state index contributed by atoms with van der Waals surface area (Å²) in [7, 11) is 0. The first-order valence-corrected chi connectivity index (χ1v) is 15.6. The maximum atomic E-state index is 13.3. The monoisotopic (exact) mass is 596 g/mol. The van der Waals surface area contributed by atoms with E-state index in [4.69, 9.17) is 21.9 Å². The van der Waals surface area contributed by atoms with Crippen molar-refractivity contribution < 1.29 is 9.53 Å². The highest BCUT2D eigenvalue weighted by Crippen LogP contribution is 2.41. The maximum absolute atomic E-state index is 13.3. The highest BCUT2D eigenvalue weighted by Gasteiger charge is 2.41. The van der Waals surface area contributed by atoms with Crippen molar-refractivity contribution in [2.75, 3.05) is 44.7 Å². The zero-order chi connectivity index (χ0) is 29.8. The van der Waals surface area contributed by atoms with Crippen LogP contribution in [0.5, 0.6) is 0 Å². The molecule has 0 aliphatic carbocycles. The number of hydrogen-bond donors (Lipinski definition) is 2. The number of carbonyl (C=O) groups excluding carboxylic acids is 1. The number of rotatable bonds is 10. The van der Waals surface area contributed by atoms with E-state index in [1.807, 2.05) is 54.7 Å². The minimum atomic E-state index is -0.114. The molecule has 0 radical (unpaired) electrons. The second-order valence-electron chi connectivity index (χ2n) is 11.4. The molecule has 4 aromatic rings. The van der Waals surface area contributed by atoms with Gasteiger partial charge < -0.3 is 24.8 Å². The van der Waals surface area contributed by atoms with E-state index in [2.05, 4.69) is 57.0 Å². The summed E-state index contributed by atoms with van der Waals surface area (Å²) in [4.78, 5) is 22.6. The fraction of sp³-hybridized carbons (Fsp3) is 0.382. The number of ether oxygens (including phenoxy) is 1. The third-order valence-corrected chi connectivity index (χ3v) is 9.08. The highest BCUT2D eigenvalue weighted by molar-refractivity contribution is 7.80. The van der Waals surface area contributed by atoms with E-state index in [0.29, 0.717) is 18.1 Å². The summed E-state index contributed by atoms with van der Waals surface area (Å²) in [5.41, 5.74) is 5.47. The third kappa shape index (κ3) is 6.44. The predicted molar refractivity (Wildman–Crippen MR) is 175 cm³/mol. The van der Waals surface area contributed by atoms with Gasteiger partial charge in [0.05, 0.1) is 31.0 Å². The van der Waals surface area contributed by atoms with Gasteiger partial charge >= 0.3 is 0 Å². The van der Waals surface area contributed by atoms with Crippen LogP contribution < -0.4 is 10.6 Å². The van der Waals surface area contributed by atoms with Gasteiger partial charge in [-0.15, -0.1) is 0 Å². The normalized spacial score (nSPS) is 19.1. The Labute approximate surface area is 259 Å². The van der Waals surface area contributed by atoms with E-state index >= 15 is 0 Å². The van der Waals surface area contributed by atoms with Gasteiger partial charge in [0.25, 0.3) is 0 Å². The molecule has 2 aromatic carbocycles. The van der Waals surface area contributed by atoms with Gasteiger partial charge in [0.15, 0.2) is 5.11 Å². The van der Waals surface area contributed by atoms with Crippen molar-refractivity contribution in [1.82, 2.24) is 24.7 Å². The zero-order valence-corrected chi connectivity index (χ0v) is 25.8. The number of aryl methyl sites for hydroxylation is 1. The lowest BCUT2D eigenvalue weighted by molar-refractivity contribution is -0.116. The Kier molecular flexibility index (Phi) is 9.02. The van der Waals surface area contributed by atoms with E-state index in [0.717, 1.165) is 68.0 Å². The van der Waals surface area contributed by atoms with Crippen LogP contribution in [0.2, 0.25) is 0 Å². The molecule has 2 aliphatic rings. The Morgan fingerprint density at radius 3 is 2.63 bits per heavy atom. The molecule has 2 fully saturated rings. The van der Waals surface area contributed by atoms with Crippen molar-refractivity contribution in [3.05, 3.63) is 95.6 Å². The number of aromatic nitrogens is 2. The van der Waals surface area contributed by atoms with E-state index in [-0.39, 0.29) is 18.0 Å². The van der Waals surface area contributed by atoms with Gasteiger partial charge in [0, 0.05) is 67.8 Å². The second-order valence-corrected chi connectivity index (χ2v) is 11.8. The Bertz CT molecular complexity index is 1580. The number of fused-ring (bicyclic) bond motifs is 1. The van der Waals surface area contributed by atoms with Crippen LogP contribution in [0.15, 0.2) is 72.9 Å². The average molecular weight is 597 g/mol. The van der Waals surface area contributed by atoms with Gasteiger partial charge in [-0.1, -0.05) is 42.5 Å². The lowest BCUT2D eigenvalue weighted by Crippen LogP contribution is -2.37. The fourth-order valence-corrected chi connectivity index (χ4v) is 6.83. The lowest BCUT2D eigenvalue weighted by atomic mass is 9.96. The Balaban J connectivity index is 1.21. The molecule has 2 atom stereocenters. The van der Waals surface area contributed by atoms with Crippen molar-refractivity contribution in [3.8, 4) is 0 Å². The number of nitrogens with one attached hydrogen (secondary N) is 2. The number of morpholine rings is 1. The van der Waals surface area contributed by atoms with Gasteiger partial charge in [-0.25, -0.2) is 0 Å². The molecule has 0 bridgehead atoms. The van der Waals surface area contributed by atoms with Crippen molar-refractivity contribution in [2.45, 2.75) is 45.3 Å². The number of thiocarbonyl (C=S) groups is 1. The largest absolute Gasteiger partial charge is 0.379 e. The van der Waals surface area contributed by atoms with Gasteiger partial charge in [-0.05, 0) is 67.7 Å². The van der Waals surface area contributed by atoms with Crippen molar-refractivity contribution in [3.63, 3.8) is 0 Å². The lowest BCUT2D eigenvalue weighted by Gasteiger charge is -2.28. The summed E-state index contributed by atoms with van der Waals surface area (Å²) in [5.74, 6) is -0.0345. The van der Waals surface area contributed by atoms with Gasteiger partial charge in [-0.3, -0.25) is 14.7 Å². The number of benzene rings is 2. The Hall–Kier alpha value is -3.79. The number of carbonyl (C=O) groups is 1. The first-order valence-electron chi connectivity index (χ1n) is 15.2. The van der Waals surface area contributed by atoms with Crippen LogP contribution in [0.3, 0.4) is 0 Å². The molecular formula is C34H40N6O2S. The molecule has 2 aromatic heterocycles. The molecule has 1 amide bonds. The standard InChI is InChI=1S/C34H40N6O2S/c1-24-23-28(25(2)39(24)17-8-16-38-19-21-42-22-20-38)33-32(30-12-5-6-15-35-30)37-34(43)40(33)18-14-31(41)36-29-13-7-10-26-9-3-4-11-27(26)29/h3-7,9-13,15,23,32-33H,8,14,16-22H2,1-2H3,(H,36,41)(H,37,43)/t32-,33-/m1/s1. The predicted octanol–water partition coefficient (Wildman–Crippen LogP) is 5.38. The first-order chi connectivity index (χ1) is 21.0. The van der Waals surface area contributed by atoms with Crippen LogP contribution in [0.25, 0.3) is 10.8 Å². The molecule has 4 heterocycles. The molecule has 6 rings (SSSR count). The first kappa shape index (κ1) is 29.3. The molecule has 0 saturated carbocycles. The van der Waals surface area contributed by atoms with Crippen LogP contribution in [-0.2, 0) is 16.1 Å². The SMILES string of the molecule is Cc1cc([C@@H]2[C@@H](c3ccccn3)NC(=S)N2CCC(=O)Nc2cccc3ccccc23)c(C)n1CCCN1CCOCC1. The summed E-state index contributed by atoms with van der Waals surface area (Å²) in [6.45, 7) is 10.6. The number of nitrogens with zero attached hydrogens (tertiary/aromatic N) is 4. The smallest absolute Gasteiger partial charge is 0.226 e. The van der Waals surface area contributed by atoms with Crippen molar-refractivity contribution in [2.24, 2.45) is 0 Å². The third-order valence-electron chi connectivity index (χ3n) is 8.73. The number of amides is 1. The number of anilines is 1. The molecule has 43 heavy (non-hydrogen) atoms. The topological polar surface area (TPSA) is 74.7 Å². The van der Waals surface area contributed by atoms with E-state index in [9.17, 15) is 4.79 Å². The molecule has 9 heteroatoms. The summed E-state index contributed by atoms with van der Waals surface area (Å²) in [6.07, 6.45) is 3.22. The van der Waals surface area contributed by atoms with E-state index in [1.54, 1.807) is 0 Å². The molecule has 2 saturated heterocycles. The van der Waals surface area contributed by atoms with E-state index in [1.165, 1.54) is 17.0 Å². The molecule has 0 unspecified atom stereocenters. The quantitative estimate of drug-likeness (QED) is 0.238. The van der Waals surface area contributed by atoms with Crippen LogP contribution in [-0.4, -0.2) is 69.8 Å². The maximum Gasteiger partial charge on any atom is 0.226 e. The highest BCUT2D eigenvalue weighted by atomic mass is 32.1. The van der Waals surface area contributed by atoms with E-state index < -0.39 is 0 Å².